The fourth-order valence-electron chi connectivity index (χ4n) is 2.95. The fraction of sp³-hybridized carbons (Fsp3) is 0.353. The molecule has 6 nitrogen and oxygen atoms in total. The summed E-state index contributed by atoms with van der Waals surface area (Å²) in [5.74, 6) is 0.0409. The number of sulfonamides is 1. The lowest BCUT2D eigenvalue weighted by atomic mass is 9.92. The van der Waals surface area contributed by atoms with E-state index in [0.717, 1.165) is 17.8 Å². The third kappa shape index (κ3) is 4.17. The molecule has 1 aliphatic heterocycles. The van der Waals surface area contributed by atoms with Gasteiger partial charge in [0.1, 0.15) is 10.3 Å². The molecule has 0 saturated carbocycles. The first kappa shape index (κ1) is 19.1. The van der Waals surface area contributed by atoms with Gasteiger partial charge in [-0.1, -0.05) is 6.07 Å². The minimum absolute atomic E-state index is 0.0409. The van der Waals surface area contributed by atoms with Gasteiger partial charge >= 0.3 is 0 Å². The molecule has 9 heteroatoms. The highest BCUT2D eigenvalue weighted by molar-refractivity contribution is 7.94. The number of fused-ring (bicyclic) bond motifs is 1. The Labute approximate surface area is 163 Å². The largest absolute Gasteiger partial charge is 0.467 e. The van der Waals surface area contributed by atoms with E-state index in [-0.39, 0.29) is 16.2 Å². The van der Waals surface area contributed by atoms with Crippen molar-refractivity contribution in [2.45, 2.75) is 23.2 Å². The van der Waals surface area contributed by atoms with E-state index in [4.69, 9.17) is 17.0 Å². The second kappa shape index (κ2) is 7.51. The molecule has 2 N–H and O–H groups in total. The smallest absolute Gasteiger partial charge is 0.271 e. The Morgan fingerprint density at radius 3 is 2.77 bits per heavy atom. The lowest BCUT2D eigenvalue weighted by Gasteiger charge is -2.26. The van der Waals surface area contributed by atoms with Crippen molar-refractivity contribution < 1.29 is 13.2 Å². The summed E-state index contributed by atoms with van der Waals surface area (Å²) < 4.78 is 33.7. The van der Waals surface area contributed by atoms with Gasteiger partial charge in [-0.3, -0.25) is 4.72 Å². The summed E-state index contributed by atoms with van der Waals surface area (Å²) in [7, 11) is 0.395. The predicted octanol–water partition coefficient (Wildman–Crippen LogP) is 3.31. The maximum atomic E-state index is 12.5. The van der Waals surface area contributed by atoms with Gasteiger partial charge in [0.15, 0.2) is 0 Å². The Balaban J connectivity index is 1.98. The average molecular weight is 412 g/mol. The highest BCUT2D eigenvalue weighted by Crippen LogP contribution is 2.35. The normalized spacial score (nSPS) is 20.1. The van der Waals surface area contributed by atoms with E-state index < -0.39 is 10.0 Å². The van der Waals surface area contributed by atoms with Crippen LogP contribution in [0, 0.1) is 0 Å². The number of hydrogen-bond donors (Lipinski definition) is 2. The highest BCUT2D eigenvalue weighted by Gasteiger charge is 2.29. The van der Waals surface area contributed by atoms with Crippen molar-refractivity contribution in [3.05, 3.63) is 41.3 Å². The second-order valence-corrected chi connectivity index (χ2v) is 9.67. The third-order valence-electron chi connectivity index (χ3n) is 4.12. The van der Waals surface area contributed by atoms with Crippen LogP contribution in [-0.4, -0.2) is 45.2 Å². The van der Waals surface area contributed by atoms with Crippen molar-refractivity contribution in [2.24, 2.45) is 0 Å². The lowest BCUT2D eigenvalue weighted by Crippen LogP contribution is -2.29. The van der Waals surface area contributed by atoms with Gasteiger partial charge in [-0.25, -0.2) is 8.42 Å². The molecule has 0 fully saturated rings. The molecule has 2 atom stereocenters. The van der Waals surface area contributed by atoms with E-state index in [0.29, 0.717) is 10.9 Å². The molecule has 140 valence electrons. The minimum atomic E-state index is -3.59. The number of rotatable bonds is 5. The zero-order chi connectivity index (χ0) is 18.9. The first-order valence-electron chi connectivity index (χ1n) is 8.09. The van der Waals surface area contributed by atoms with E-state index >= 15 is 0 Å². The standard InChI is InChI=1S/C17H21N3O3S3/c1-11-14(10-20(2)3)13-9-12(6-7-15(13)18-17(24)23-11)19-26(21,22)16-5-4-8-25-16/h4-9,11,14,19H,10H2,1-3H3,(H,18,24). The Bertz CT molecular complexity index is 895. The van der Waals surface area contributed by atoms with Gasteiger partial charge in [0, 0.05) is 23.8 Å². The van der Waals surface area contributed by atoms with Crippen LogP contribution >= 0.6 is 23.6 Å². The molecular weight excluding hydrogens is 390 g/mol. The minimum Gasteiger partial charge on any atom is -0.467 e. The van der Waals surface area contributed by atoms with Crippen LogP contribution < -0.4 is 10.0 Å². The van der Waals surface area contributed by atoms with E-state index in [1.165, 1.54) is 11.3 Å². The van der Waals surface area contributed by atoms with E-state index in [2.05, 4.69) is 14.9 Å². The summed E-state index contributed by atoms with van der Waals surface area (Å²) in [6.45, 7) is 2.72. The van der Waals surface area contributed by atoms with Crippen molar-refractivity contribution in [1.29, 1.82) is 0 Å². The summed E-state index contributed by atoms with van der Waals surface area (Å²) in [6.07, 6.45) is -0.136. The van der Waals surface area contributed by atoms with E-state index in [1.807, 2.05) is 33.2 Å². The predicted molar refractivity (Wildman–Crippen MR) is 110 cm³/mol. The molecule has 0 saturated heterocycles. The monoisotopic (exact) mass is 411 g/mol. The number of nitrogens with zero attached hydrogens (tertiary/aromatic N) is 1. The topological polar surface area (TPSA) is 70.7 Å². The molecule has 0 radical (unpaired) electrons. The number of hydrogen-bond acceptors (Lipinski definition) is 6. The third-order valence-corrected chi connectivity index (χ3v) is 7.10. The van der Waals surface area contributed by atoms with Crippen LogP contribution in [0.4, 0.5) is 11.4 Å². The van der Waals surface area contributed by atoms with Gasteiger partial charge in [0.25, 0.3) is 15.2 Å². The summed E-state index contributed by atoms with van der Waals surface area (Å²) in [5, 5.41) is 5.15. The zero-order valence-electron chi connectivity index (χ0n) is 14.7. The molecular formula is C17H21N3O3S3. The van der Waals surface area contributed by atoms with Crippen LogP contribution in [0.2, 0.25) is 0 Å². The van der Waals surface area contributed by atoms with Crippen LogP contribution in [-0.2, 0) is 14.8 Å². The summed E-state index contributed by atoms with van der Waals surface area (Å²) >= 11 is 6.41. The quantitative estimate of drug-likeness (QED) is 0.736. The van der Waals surface area contributed by atoms with Gasteiger partial charge < -0.3 is 15.0 Å². The molecule has 1 aromatic heterocycles. The molecule has 0 spiro atoms. The maximum Gasteiger partial charge on any atom is 0.271 e. The second-order valence-electron chi connectivity index (χ2n) is 6.44. The number of thiophene rings is 1. The summed E-state index contributed by atoms with van der Waals surface area (Å²) in [6, 6.07) is 8.71. The Morgan fingerprint density at radius 1 is 1.35 bits per heavy atom. The molecule has 2 aromatic rings. The van der Waals surface area contributed by atoms with Crippen LogP contribution in [0.5, 0.6) is 0 Å². The number of ether oxygens (including phenoxy) is 1. The first-order chi connectivity index (χ1) is 12.3. The molecule has 26 heavy (non-hydrogen) atoms. The SMILES string of the molecule is CC1OC(=S)Nc2ccc(NS(=O)(=O)c3cccs3)cc2C1CN(C)C. The van der Waals surface area contributed by atoms with Gasteiger partial charge in [-0.05, 0) is 68.4 Å². The molecule has 2 unspecified atom stereocenters. The van der Waals surface area contributed by atoms with Crippen LogP contribution in [0.1, 0.15) is 18.4 Å². The lowest BCUT2D eigenvalue weighted by molar-refractivity contribution is 0.164. The van der Waals surface area contributed by atoms with Crippen LogP contribution in [0.3, 0.4) is 0 Å². The maximum absolute atomic E-state index is 12.5. The molecule has 2 heterocycles. The van der Waals surface area contributed by atoms with Crippen molar-refractivity contribution in [3.8, 4) is 0 Å². The van der Waals surface area contributed by atoms with Crippen molar-refractivity contribution >= 4 is 50.1 Å². The molecule has 0 amide bonds. The van der Waals surface area contributed by atoms with Crippen LogP contribution in [0.25, 0.3) is 0 Å². The highest BCUT2D eigenvalue weighted by atomic mass is 32.2. The van der Waals surface area contributed by atoms with Gasteiger partial charge in [0.2, 0.25) is 0 Å². The summed E-state index contributed by atoms with van der Waals surface area (Å²) in [5.41, 5.74) is 2.32. The van der Waals surface area contributed by atoms with Gasteiger partial charge in [-0.15, -0.1) is 11.3 Å². The number of anilines is 2. The van der Waals surface area contributed by atoms with E-state index in [9.17, 15) is 8.42 Å². The molecule has 1 aromatic carbocycles. The molecule has 1 aliphatic rings. The van der Waals surface area contributed by atoms with Crippen molar-refractivity contribution in [2.75, 3.05) is 30.7 Å². The Kier molecular flexibility index (Phi) is 5.52. The van der Waals surface area contributed by atoms with Crippen molar-refractivity contribution in [3.63, 3.8) is 0 Å². The van der Waals surface area contributed by atoms with E-state index in [1.54, 1.807) is 23.6 Å². The Morgan fingerprint density at radius 2 is 2.12 bits per heavy atom. The summed E-state index contributed by atoms with van der Waals surface area (Å²) in [4.78, 5) is 2.07. The first-order valence-corrected chi connectivity index (χ1v) is 10.9. The van der Waals surface area contributed by atoms with Crippen LogP contribution in [0.15, 0.2) is 39.9 Å². The average Bonchev–Trinajstić information content (AvgIpc) is 3.05. The van der Waals surface area contributed by atoms with Gasteiger partial charge in [0.05, 0.1) is 0 Å². The zero-order valence-corrected chi connectivity index (χ0v) is 17.2. The molecule has 3 rings (SSSR count). The number of benzene rings is 1. The Hall–Kier alpha value is -1.68. The molecule has 0 bridgehead atoms. The fourth-order valence-corrected chi connectivity index (χ4v) is 5.26. The van der Waals surface area contributed by atoms with Gasteiger partial charge in [-0.2, -0.15) is 0 Å². The number of thiocarbonyl (C=S) groups is 1. The van der Waals surface area contributed by atoms with Crippen molar-refractivity contribution in [1.82, 2.24) is 4.90 Å². The number of nitrogens with one attached hydrogen (secondary N) is 2. The number of likely N-dealkylation sites (N-methyl/N-ethyl adjacent to an activating group) is 1. The molecule has 0 aliphatic carbocycles.